The summed E-state index contributed by atoms with van der Waals surface area (Å²) in [7, 11) is 0. The van der Waals surface area contributed by atoms with Crippen molar-refractivity contribution >= 4 is 11.8 Å². The van der Waals surface area contributed by atoms with Crippen LogP contribution in [0.1, 0.15) is 51.9 Å². The molecule has 1 aliphatic carbocycles. The molecular weight excluding hydrogens is 192 g/mol. The van der Waals surface area contributed by atoms with Gasteiger partial charge in [0.25, 0.3) is 0 Å². The Balaban J connectivity index is 1.95. The van der Waals surface area contributed by atoms with Crippen LogP contribution in [0.4, 0.5) is 0 Å². The molecule has 2 heteroatoms. The summed E-state index contributed by atoms with van der Waals surface area (Å²) < 4.78 is 0. The van der Waals surface area contributed by atoms with E-state index in [9.17, 15) is 5.11 Å². The Morgan fingerprint density at radius 3 is 2.71 bits per heavy atom. The van der Waals surface area contributed by atoms with E-state index in [1.165, 1.54) is 44.3 Å². The van der Waals surface area contributed by atoms with Crippen LogP contribution in [0.25, 0.3) is 0 Å². The Bertz CT molecular complexity index is 132. The van der Waals surface area contributed by atoms with E-state index in [1.54, 1.807) is 0 Å². The Hall–Kier alpha value is 0.310. The van der Waals surface area contributed by atoms with Crippen molar-refractivity contribution in [2.24, 2.45) is 5.92 Å². The fourth-order valence-electron chi connectivity index (χ4n) is 2.16. The average Bonchev–Trinajstić information content (AvgIpc) is 2.65. The van der Waals surface area contributed by atoms with Crippen molar-refractivity contribution in [2.75, 3.05) is 11.5 Å². The maximum atomic E-state index is 9.79. The molecule has 0 aromatic rings. The average molecular weight is 216 g/mol. The predicted molar refractivity (Wildman–Crippen MR) is 64.8 cm³/mol. The fraction of sp³-hybridized carbons (Fsp3) is 1.00. The van der Waals surface area contributed by atoms with Crippen LogP contribution in [0.5, 0.6) is 0 Å². The Labute approximate surface area is 92.7 Å². The largest absolute Gasteiger partial charge is 0.392 e. The number of aliphatic hydroxyl groups is 1. The van der Waals surface area contributed by atoms with Crippen molar-refractivity contribution in [3.05, 3.63) is 0 Å². The van der Waals surface area contributed by atoms with E-state index in [0.29, 0.717) is 0 Å². The second kappa shape index (κ2) is 7.58. The summed E-state index contributed by atoms with van der Waals surface area (Å²) in [5, 5.41) is 9.79. The molecule has 14 heavy (non-hydrogen) atoms. The molecule has 0 aliphatic heterocycles. The first kappa shape index (κ1) is 12.4. The zero-order valence-electron chi connectivity index (χ0n) is 9.37. The van der Waals surface area contributed by atoms with E-state index in [1.807, 2.05) is 11.8 Å². The molecule has 1 unspecified atom stereocenters. The van der Waals surface area contributed by atoms with E-state index in [4.69, 9.17) is 0 Å². The molecule has 84 valence electrons. The van der Waals surface area contributed by atoms with E-state index in [-0.39, 0.29) is 6.10 Å². The topological polar surface area (TPSA) is 20.2 Å². The second-order valence-corrected chi connectivity index (χ2v) is 5.62. The van der Waals surface area contributed by atoms with E-state index >= 15 is 0 Å². The molecule has 0 saturated heterocycles. The zero-order valence-corrected chi connectivity index (χ0v) is 10.2. The lowest BCUT2D eigenvalue weighted by Gasteiger charge is -2.14. The first-order chi connectivity index (χ1) is 6.83. The summed E-state index contributed by atoms with van der Waals surface area (Å²) >= 11 is 1.92. The summed E-state index contributed by atoms with van der Waals surface area (Å²) in [6.45, 7) is 2.22. The summed E-state index contributed by atoms with van der Waals surface area (Å²) in [6, 6.07) is 0. The van der Waals surface area contributed by atoms with Gasteiger partial charge in [-0.25, -0.2) is 0 Å². The number of aliphatic hydroxyl groups excluding tert-OH is 1. The lowest BCUT2D eigenvalue weighted by atomic mass is 10.0. The van der Waals surface area contributed by atoms with Crippen LogP contribution >= 0.6 is 11.8 Å². The normalized spacial score (nSPS) is 20.1. The monoisotopic (exact) mass is 216 g/mol. The molecule has 1 saturated carbocycles. The minimum absolute atomic E-state index is 0.0417. The van der Waals surface area contributed by atoms with Crippen molar-refractivity contribution in [3.8, 4) is 0 Å². The van der Waals surface area contributed by atoms with Crippen molar-refractivity contribution in [1.29, 1.82) is 0 Å². The van der Waals surface area contributed by atoms with Gasteiger partial charge in [0, 0.05) is 5.75 Å². The Morgan fingerprint density at radius 2 is 2.07 bits per heavy atom. The highest BCUT2D eigenvalue weighted by molar-refractivity contribution is 7.99. The van der Waals surface area contributed by atoms with Gasteiger partial charge in [0.2, 0.25) is 0 Å². The minimum Gasteiger partial charge on any atom is -0.392 e. The van der Waals surface area contributed by atoms with Crippen LogP contribution < -0.4 is 0 Å². The molecule has 0 aromatic carbocycles. The summed E-state index contributed by atoms with van der Waals surface area (Å²) in [6.07, 6.45) is 9.07. The van der Waals surface area contributed by atoms with E-state index < -0.39 is 0 Å². The second-order valence-electron chi connectivity index (χ2n) is 4.47. The van der Waals surface area contributed by atoms with Crippen molar-refractivity contribution < 1.29 is 5.11 Å². The molecule has 1 fully saturated rings. The lowest BCUT2D eigenvalue weighted by Crippen LogP contribution is -2.14. The van der Waals surface area contributed by atoms with Crippen LogP contribution in [-0.4, -0.2) is 22.7 Å². The van der Waals surface area contributed by atoms with Gasteiger partial charge in [0.1, 0.15) is 0 Å². The van der Waals surface area contributed by atoms with Gasteiger partial charge in [-0.2, -0.15) is 11.8 Å². The highest BCUT2D eigenvalue weighted by Crippen LogP contribution is 2.29. The molecule has 0 aromatic heterocycles. The van der Waals surface area contributed by atoms with Crippen LogP contribution in [0.3, 0.4) is 0 Å². The molecule has 0 heterocycles. The van der Waals surface area contributed by atoms with Crippen LogP contribution in [0, 0.1) is 5.92 Å². The summed E-state index contributed by atoms with van der Waals surface area (Å²) in [5.41, 5.74) is 0. The number of hydrogen-bond donors (Lipinski definition) is 1. The van der Waals surface area contributed by atoms with Gasteiger partial charge in [0.05, 0.1) is 6.10 Å². The molecule has 1 aliphatic rings. The van der Waals surface area contributed by atoms with Crippen LogP contribution in [-0.2, 0) is 0 Å². The maximum absolute atomic E-state index is 9.79. The first-order valence-electron chi connectivity index (χ1n) is 6.08. The van der Waals surface area contributed by atoms with Crippen molar-refractivity contribution in [3.63, 3.8) is 0 Å². The number of rotatable bonds is 7. The quantitative estimate of drug-likeness (QED) is 0.658. The smallest absolute Gasteiger partial charge is 0.0633 e. The standard InChI is InChI=1S/C12H24OS/c1-2-3-8-14-10-12(13)9-11-6-4-5-7-11/h11-13H,2-10H2,1H3. The van der Waals surface area contributed by atoms with Crippen molar-refractivity contribution in [1.82, 2.24) is 0 Å². The van der Waals surface area contributed by atoms with Gasteiger partial charge in [-0.3, -0.25) is 0 Å². The fourth-order valence-corrected chi connectivity index (χ4v) is 3.23. The van der Waals surface area contributed by atoms with Gasteiger partial charge in [0.15, 0.2) is 0 Å². The van der Waals surface area contributed by atoms with Crippen molar-refractivity contribution in [2.45, 2.75) is 58.0 Å². The molecule has 1 rings (SSSR count). The number of thioether (sulfide) groups is 1. The van der Waals surface area contributed by atoms with E-state index in [0.717, 1.165) is 18.1 Å². The number of hydrogen-bond acceptors (Lipinski definition) is 2. The molecule has 0 bridgehead atoms. The van der Waals surface area contributed by atoms with Crippen LogP contribution in [0.2, 0.25) is 0 Å². The molecule has 1 nitrogen and oxygen atoms in total. The molecule has 0 spiro atoms. The lowest BCUT2D eigenvalue weighted by molar-refractivity contribution is 0.166. The third kappa shape index (κ3) is 5.26. The van der Waals surface area contributed by atoms with Gasteiger partial charge in [-0.1, -0.05) is 39.0 Å². The SMILES string of the molecule is CCCCSCC(O)CC1CCCC1. The zero-order chi connectivity index (χ0) is 10.2. The Kier molecular flexibility index (Phi) is 6.70. The first-order valence-corrected chi connectivity index (χ1v) is 7.24. The molecule has 1 atom stereocenters. The van der Waals surface area contributed by atoms with Gasteiger partial charge in [-0.15, -0.1) is 0 Å². The number of unbranched alkanes of at least 4 members (excludes halogenated alkanes) is 1. The maximum Gasteiger partial charge on any atom is 0.0633 e. The third-order valence-electron chi connectivity index (χ3n) is 3.03. The van der Waals surface area contributed by atoms with Gasteiger partial charge in [-0.05, 0) is 24.5 Å². The predicted octanol–water partition coefficient (Wildman–Crippen LogP) is 3.46. The molecule has 1 N–H and O–H groups in total. The van der Waals surface area contributed by atoms with Gasteiger partial charge >= 0.3 is 0 Å². The van der Waals surface area contributed by atoms with Gasteiger partial charge < -0.3 is 5.11 Å². The molecule has 0 amide bonds. The summed E-state index contributed by atoms with van der Waals surface area (Å²) in [5.74, 6) is 3.01. The molecule has 0 radical (unpaired) electrons. The highest BCUT2D eigenvalue weighted by atomic mass is 32.2. The van der Waals surface area contributed by atoms with E-state index in [2.05, 4.69) is 6.92 Å². The summed E-state index contributed by atoms with van der Waals surface area (Å²) in [4.78, 5) is 0. The third-order valence-corrected chi connectivity index (χ3v) is 4.23. The highest BCUT2D eigenvalue weighted by Gasteiger charge is 2.18. The van der Waals surface area contributed by atoms with Crippen LogP contribution in [0.15, 0.2) is 0 Å². The molecular formula is C12H24OS. The Morgan fingerprint density at radius 1 is 1.36 bits per heavy atom. The minimum atomic E-state index is -0.0417.